The van der Waals surface area contributed by atoms with Crippen LogP contribution in [0, 0.1) is 5.82 Å². The van der Waals surface area contributed by atoms with E-state index in [0.29, 0.717) is 16.2 Å². The van der Waals surface area contributed by atoms with Crippen molar-refractivity contribution in [3.63, 3.8) is 0 Å². The molecule has 0 fully saturated rings. The van der Waals surface area contributed by atoms with E-state index in [9.17, 15) is 9.18 Å². The number of hydrogen-bond acceptors (Lipinski definition) is 2. The SMILES string of the molecule is O=Cc1c(F)cccc1Sc1ccccc1Cl. The number of hydrogen-bond donors (Lipinski definition) is 0. The monoisotopic (exact) mass is 266 g/mol. The maximum Gasteiger partial charge on any atom is 0.154 e. The van der Waals surface area contributed by atoms with E-state index in [1.807, 2.05) is 18.2 Å². The van der Waals surface area contributed by atoms with Gasteiger partial charge in [0, 0.05) is 9.79 Å². The summed E-state index contributed by atoms with van der Waals surface area (Å²) in [6, 6.07) is 11.8. The van der Waals surface area contributed by atoms with E-state index in [2.05, 4.69) is 0 Å². The van der Waals surface area contributed by atoms with Gasteiger partial charge in [-0.3, -0.25) is 4.79 Å². The second kappa shape index (κ2) is 5.34. The smallest absolute Gasteiger partial charge is 0.154 e. The van der Waals surface area contributed by atoms with Gasteiger partial charge in [-0.25, -0.2) is 4.39 Å². The molecule has 0 heterocycles. The molecule has 1 nitrogen and oxygen atoms in total. The van der Waals surface area contributed by atoms with Gasteiger partial charge in [-0.05, 0) is 24.3 Å². The third kappa shape index (κ3) is 2.68. The van der Waals surface area contributed by atoms with Crippen LogP contribution >= 0.6 is 23.4 Å². The Hall–Kier alpha value is -1.32. The number of aldehydes is 1. The summed E-state index contributed by atoms with van der Waals surface area (Å²) >= 11 is 7.28. The number of halogens is 2. The minimum atomic E-state index is -0.517. The number of rotatable bonds is 3. The first-order chi connectivity index (χ1) is 8.22. The van der Waals surface area contributed by atoms with Crippen LogP contribution in [-0.4, -0.2) is 6.29 Å². The molecule has 0 aromatic heterocycles. The van der Waals surface area contributed by atoms with Crippen LogP contribution in [0.15, 0.2) is 52.3 Å². The lowest BCUT2D eigenvalue weighted by Crippen LogP contribution is -1.90. The van der Waals surface area contributed by atoms with Gasteiger partial charge in [-0.2, -0.15) is 0 Å². The van der Waals surface area contributed by atoms with Crippen molar-refractivity contribution < 1.29 is 9.18 Å². The highest BCUT2D eigenvalue weighted by atomic mass is 35.5. The van der Waals surface area contributed by atoms with Crippen molar-refractivity contribution in [1.29, 1.82) is 0 Å². The van der Waals surface area contributed by atoms with E-state index in [1.165, 1.54) is 17.8 Å². The zero-order valence-corrected chi connectivity index (χ0v) is 10.3. The van der Waals surface area contributed by atoms with Crippen molar-refractivity contribution in [3.05, 3.63) is 58.9 Å². The molecule has 0 N–H and O–H groups in total. The summed E-state index contributed by atoms with van der Waals surface area (Å²) in [5.74, 6) is -0.517. The second-order valence-corrected chi connectivity index (χ2v) is 4.79. The number of carbonyl (C=O) groups is 1. The molecule has 0 aliphatic carbocycles. The molecule has 2 aromatic carbocycles. The zero-order chi connectivity index (χ0) is 12.3. The van der Waals surface area contributed by atoms with Crippen LogP contribution in [0.1, 0.15) is 10.4 Å². The second-order valence-electron chi connectivity index (χ2n) is 3.30. The first-order valence-electron chi connectivity index (χ1n) is 4.88. The molecule has 0 aliphatic rings. The van der Waals surface area contributed by atoms with Crippen LogP contribution in [0.4, 0.5) is 4.39 Å². The zero-order valence-electron chi connectivity index (χ0n) is 8.69. The lowest BCUT2D eigenvalue weighted by Gasteiger charge is -2.06. The summed E-state index contributed by atoms with van der Waals surface area (Å²) in [6.07, 6.45) is 0.522. The van der Waals surface area contributed by atoms with E-state index >= 15 is 0 Å². The van der Waals surface area contributed by atoms with Gasteiger partial charge in [-0.1, -0.05) is 41.6 Å². The van der Waals surface area contributed by atoms with Crippen LogP contribution in [-0.2, 0) is 0 Å². The molecule has 0 amide bonds. The third-order valence-corrected chi connectivity index (χ3v) is 3.78. The molecular weight excluding hydrogens is 259 g/mol. The molecule has 86 valence electrons. The van der Waals surface area contributed by atoms with Crippen molar-refractivity contribution in [2.75, 3.05) is 0 Å². The molecule has 0 unspecified atom stereocenters. The molecule has 0 spiro atoms. The largest absolute Gasteiger partial charge is 0.298 e. The molecule has 0 saturated heterocycles. The fourth-order valence-corrected chi connectivity index (χ4v) is 2.57. The Morgan fingerprint density at radius 1 is 1.06 bits per heavy atom. The van der Waals surface area contributed by atoms with E-state index in [0.717, 1.165) is 4.90 Å². The first-order valence-corrected chi connectivity index (χ1v) is 6.08. The van der Waals surface area contributed by atoms with Gasteiger partial charge in [0.05, 0.1) is 10.6 Å². The molecule has 0 saturated carbocycles. The molecular formula is C13H8ClFOS. The quantitative estimate of drug-likeness (QED) is 0.764. The van der Waals surface area contributed by atoms with E-state index in [4.69, 9.17) is 11.6 Å². The number of carbonyl (C=O) groups excluding carboxylic acids is 1. The average Bonchev–Trinajstić information content (AvgIpc) is 2.32. The predicted octanol–water partition coefficient (Wildman–Crippen LogP) is 4.44. The Kier molecular flexibility index (Phi) is 3.82. The molecule has 0 radical (unpaired) electrons. The summed E-state index contributed by atoms with van der Waals surface area (Å²) < 4.78 is 13.4. The molecule has 0 atom stereocenters. The van der Waals surface area contributed by atoms with Gasteiger partial charge in [0.2, 0.25) is 0 Å². The molecule has 0 aliphatic heterocycles. The van der Waals surface area contributed by atoms with Gasteiger partial charge in [0.25, 0.3) is 0 Å². The number of benzene rings is 2. The minimum Gasteiger partial charge on any atom is -0.298 e. The highest BCUT2D eigenvalue weighted by molar-refractivity contribution is 7.99. The molecule has 2 aromatic rings. The molecule has 2 rings (SSSR count). The van der Waals surface area contributed by atoms with Crippen molar-refractivity contribution in [2.45, 2.75) is 9.79 Å². The van der Waals surface area contributed by atoms with Gasteiger partial charge in [-0.15, -0.1) is 0 Å². The molecule has 4 heteroatoms. The van der Waals surface area contributed by atoms with E-state index in [-0.39, 0.29) is 5.56 Å². The van der Waals surface area contributed by atoms with Crippen LogP contribution in [0.5, 0.6) is 0 Å². The van der Waals surface area contributed by atoms with E-state index < -0.39 is 5.82 Å². The lowest BCUT2D eigenvalue weighted by atomic mass is 10.2. The Balaban J connectivity index is 2.40. The van der Waals surface area contributed by atoms with Gasteiger partial charge in [0.1, 0.15) is 5.82 Å². The normalized spacial score (nSPS) is 10.2. The molecule has 17 heavy (non-hydrogen) atoms. The van der Waals surface area contributed by atoms with Crippen LogP contribution < -0.4 is 0 Å². The standard InChI is InChI=1S/C13H8ClFOS/c14-10-4-1-2-6-13(10)17-12-7-3-5-11(15)9(12)8-16/h1-8H. The third-order valence-electron chi connectivity index (χ3n) is 2.19. The Morgan fingerprint density at radius 2 is 1.76 bits per heavy atom. The highest BCUT2D eigenvalue weighted by Gasteiger charge is 2.10. The lowest BCUT2D eigenvalue weighted by molar-refractivity contribution is 0.111. The van der Waals surface area contributed by atoms with Crippen molar-refractivity contribution >= 4 is 29.6 Å². The fraction of sp³-hybridized carbons (Fsp3) is 0. The first kappa shape index (κ1) is 12.1. The van der Waals surface area contributed by atoms with Crippen LogP contribution in [0.25, 0.3) is 0 Å². The topological polar surface area (TPSA) is 17.1 Å². The van der Waals surface area contributed by atoms with Gasteiger partial charge >= 0.3 is 0 Å². The summed E-state index contributed by atoms with van der Waals surface area (Å²) in [6.45, 7) is 0. The highest BCUT2D eigenvalue weighted by Crippen LogP contribution is 2.35. The fourth-order valence-electron chi connectivity index (χ4n) is 1.37. The van der Waals surface area contributed by atoms with Crippen molar-refractivity contribution in [1.82, 2.24) is 0 Å². The summed E-state index contributed by atoms with van der Waals surface area (Å²) in [7, 11) is 0. The van der Waals surface area contributed by atoms with Gasteiger partial charge in [0.15, 0.2) is 6.29 Å². The summed E-state index contributed by atoms with van der Waals surface area (Å²) in [4.78, 5) is 12.2. The maximum atomic E-state index is 13.4. The van der Waals surface area contributed by atoms with Crippen molar-refractivity contribution in [3.8, 4) is 0 Å². The average molecular weight is 267 g/mol. The van der Waals surface area contributed by atoms with Crippen molar-refractivity contribution in [2.24, 2.45) is 0 Å². The summed E-state index contributed by atoms with van der Waals surface area (Å²) in [5.41, 5.74) is 0.0671. The summed E-state index contributed by atoms with van der Waals surface area (Å²) in [5, 5.41) is 0.582. The Morgan fingerprint density at radius 3 is 2.47 bits per heavy atom. The van der Waals surface area contributed by atoms with Crippen LogP contribution in [0.2, 0.25) is 5.02 Å². The maximum absolute atomic E-state index is 13.4. The minimum absolute atomic E-state index is 0.0671. The van der Waals surface area contributed by atoms with Gasteiger partial charge < -0.3 is 0 Å². The molecule has 0 bridgehead atoms. The van der Waals surface area contributed by atoms with E-state index in [1.54, 1.807) is 18.2 Å². The predicted molar refractivity (Wildman–Crippen MR) is 67.4 cm³/mol. The van der Waals surface area contributed by atoms with Crippen LogP contribution in [0.3, 0.4) is 0 Å². The Labute approximate surface area is 108 Å². The Bertz CT molecular complexity index is 557.